The number of halogens is 4. The Balaban J connectivity index is -0.000000503. The molecule has 0 fully saturated rings. The number of carbonyl (C=O) groups is 1. The van der Waals surface area contributed by atoms with Crippen molar-refractivity contribution in [3.63, 3.8) is 0 Å². The summed E-state index contributed by atoms with van der Waals surface area (Å²) in [6.45, 7) is 20.4. The van der Waals surface area contributed by atoms with Gasteiger partial charge in [-0.2, -0.15) is 0 Å². The molecule has 0 unspecified atom stereocenters. The van der Waals surface area contributed by atoms with Crippen LogP contribution < -0.4 is 0 Å². The molecule has 1 radical (unpaired) electrons. The molecule has 0 N–H and O–H groups in total. The maximum absolute atomic E-state index is 13.3. The minimum atomic E-state index is -2.02. The molecule has 9 heteroatoms. The van der Waals surface area contributed by atoms with Crippen LogP contribution in [0, 0.1) is 29.3 Å². The van der Waals surface area contributed by atoms with E-state index < -0.39 is 34.6 Å². The molecule has 179 valence electrons. The number of benzene rings is 2. The van der Waals surface area contributed by atoms with Crippen molar-refractivity contribution in [3.8, 4) is 0 Å². The summed E-state index contributed by atoms with van der Waals surface area (Å²) in [7, 11) is 0.361. The van der Waals surface area contributed by atoms with Crippen LogP contribution in [0.25, 0.3) is 0 Å². The van der Waals surface area contributed by atoms with Crippen molar-refractivity contribution in [1.82, 2.24) is 0 Å². The smallest absolute Gasteiger partial charge is 0.114 e. The van der Waals surface area contributed by atoms with E-state index in [0.717, 1.165) is 0 Å². The van der Waals surface area contributed by atoms with Gasteiger partial charge in [0.2, 0.25) is 0 Å². The summed E-state index contributed by atoms with van der Waals surface area (Å²) in [6, 6.07) is 8.88. The van der Waals surface area contributed by atoms with Gasteiger partial charge in [0.15, 0.2) is 0 Å². The van der Waals surface area contributed by atoms with E-state index >= 15 is 0 Å². The van der Waals surface area contributed by atoms with E-state index in [4.69, 9.17) is 0 Å². The predicted octanol–water partition coefficient (Wildman–Crippen LogP) is 6.54. The minimum Gasteiger partial charge on any atom is -0.346 e. The second-order valence-corrected chi connectivity index (χ2v) is 17.0. The van der Waals surface area contributed by atoms with Crippen LogP contribution in [-0.2, 0) is 16.8 Å². The quantitative estimate of drug-likeness (QED) is 0.105. The Bertz CT molecular complexity index is 736. The number of hydrogen-bond donors (Lipinski definition) is 0. The molecule has 0 aliphatic rings. The largest absolute Gasteiger partial charge is 0.346 e. The van der Waals surface area contributed by atoms with Gasteiger partial charge in [0.25, 0.3) is 0 Å². The molecule has 0 aliphatic heterocycles. The summed E-state index contributed by atoms with van der Waals surface area (Å²) in [5.41, 5.74) is -0.935. The van der Waals surface area contributed by atoms with Gasteiger partial charge < -0.3 is 4.79 Å². The van der Waals surface area contributed by atoms with Crippen LogP contribution in [0.15, 0.2) is 30.3 Å². The van der Waals surface area contributed by atoms with E-state index in [9.17, 15) is 22.4 Å². The first-order valence-corrected chi connectivity index (χ1v) is 18.4. The maximum atomic E-state index is 13.3. The Morgan fingerprint density at radius 1 is 0.677 bits per heavy atom. The van der Waals surface area contributed by atoms with Gasteiger partial charge in [-0.15, -0.1) is 0 Å². The van der Waals surface area contributed by atoms with Gasteiger partial charge >= 0.3 is 0 Å². The molecule has 0 saturated carbocycles. The number of rotatable bonds is 2. The molecular weight excluding hydrogens is 508 g/mol. The topological polar surface area (TPSA) is 17.1 Å². The fraction of sp³-hybridized carbons (Fsp3) is 0.409. The molecule has 0 bridgehead atoms. The van der Waals surface area contributed by atoms with Gasteiger partial charge in [0.05, 0.1) is 11.6 Å². The van der Waals surface area contributed by atoms with Crippen molar-refractivity contribution >= 4 is 29.5 Å². The Labute approximate surface area is 199 Å². The van der Waals surface area contributed by atoms with Gasteiger partial charge in [-0.05, 0) is 29.3 Å². The molecule has 0 aliphatic carbocycles. The second kappa shape index (κ2) is 19.1. The molecule has 0 spiro atoms. The first-order valence-electron chi connectivity index (χ1n) is 9.37. The van der Waals surface area contributed by atoms with Crippen molar-refractivity contribution < 1.29 is 39.1 Å². The molecule has 0 saturated heterocycles. The molecule has 2 rings (SSSR count). The summed E-state index contributed by atoms with van der Waals surface area (Å²) in [4.78, 5) is 11.8. The van der Waals surface area contributed by atoms with Crippen LogP contribution in [0.4, 0.5) is 17.6 Å². The molecule has 2 aromatic rings. The first-order chi connectivity index (χ1) is 13.7. The zero-order valence-electron chi connectivity index (χ0n) is 19.6. The average Bonchev–Trinajstić information content (AvgIpc) is 2.62. The van der Waals surface area contributed by atoms with Crippen molar-refractivity contribution in [2.75, 3.05) is 60.0 Å². The van der Waals surface area contributed by atoms with Crippen molar-refractivity contribution in [3.05, 3.63) is 70.8 Å². The molecule has 0 aromatic heterocycles. The van der Waals surface area contributed by atoms with Crippen LogP contribution >= 0.6 is 23.8 Å². The van der Waals surface area contributed by atoms with Crippen molar-refractivity contribution in [1.29, 1.82) is 0 Å². The second-order valence-electron chi connectivity index (χ2n) is 7.95. The van der Waals surface area contributed by atoms with E-state index in [0.29, 0.717) is 0 Å². The van der Waals surface area contributed by atoms with E-state index in [1.54, 1.807) is 12.1 Å². The molecule has 0 amide bonds. The summed E-state index contributed by atoms with van der Waals surface area (Å²) < 4.78 is 51.9. The summed E-state index contributed by atoms with van der Waals surface area (Å²) >= 11 is 0. The molecule has 31 heavy (non-hydrogen) atoms. The molecular formula is C22H35CoF4OP3+2. The van der Waals surface area contributed by atoms with Crippen LogP contribution in [0.3, 0.4) is 0 Å². The van der Waals surface area contributed by atoms with Crippen LogP contribution in [-0.4, -0.2) is 65.8 Å². The van der Waals surface area contributed by atoms with E-state index in [1.807, 2.05) is 0 Å². The maximum Gasteiger partial charge on any atom is 0.114 e. The molecule has 2 aromatic carbocycles. The Morgan fingerprint density at radius 3 is 1.39 bits per heavy atom. The Morgan fingerprint density at radius 2 is 1.03 bits per heavy atom. The molecule has 0 atom stereocenters. The monoisotopic (exact) mass is 543 g/mol. The molecule has 0 heterocycles. The third-order valence-corrected chi connectivity index (χ3v) is 2.30. The Kier molecular flexibility index (Phi) is 21.7. The first kappa shape index (κ1) is 35.2. The van der Waals surface area contributed by atoms with Gasteiger partial charge in [0.1, 0.15) is 17.4 Å². The van der Waals surface area contributed by atoms with Crippen molar-refractivity contribution in [2.45, 2.75) is 0 Å². The number of ketones is 1. The van der Waals surface area contributed by atoms with Gasteiger partial charge in [0, 0.05) is 76.8 Å². The van der Waals surface area contributed by atoms with Crippen LogP contribution in [0.2, 0.25) is 0 Å². The summed E-state index contributed by atoms with van der Waals surface area (Å²) in [5, 5.41) is 0. The molecule has 1 nitrogen and oxygen atoms in total. The standard InChI is InChI=1S/C13H5F4O.3C3H9P.Co/c14-9-6-8(10(15)12(17)11(9)16)13(18)7-4-2-1-3-5-7;3*1-4(2)3;/h1-5H;3*1-3H3;/q-1;;;;/p+3. The number of hydrogen-bond acceptors (Lipinski definition) is 1. The fourth-order valence-electron chi connectivity index (χ4n) is 1.41. The SMILES string of the molecule is C[PH+](C)C.C[PH+](C)C.C[PH+](C)C.O=C(c1ccccc1)c1[c-]c(F)c(F)c(F)c1F.[Co]. The average molecular weight is 543 g/mol. The minimum absolute atomic E-state index is 0. The normalized spacial score (nSPS) is 9.55. The van der Waals surface area contributed by atoms with E-state index in [-0.39, 0.29) is 46.1 Å². The Hall–Kier alpha value is -0.374. The summed E-state index contributed by atoms with van der Waals surface area (Å²) in [6.07, 6.45) is 0. The zero-order chi connectivity index (χ0) is 24.0. The van der Waals surface area contributed by atoms with Gasteiger partial charge in [-0.1, -0.05) is 42.0 Å². The van der Waals surface area contributed by atoms with Crippen molar-refractivity contribution in [2.24, 2.45) is 0 Å². The fourth-order valence-corrected chi connectivity index (χ4v) is 1.41. The third-order valence-electron chi connectivity index (χ3n) is 2.30. The predicted molar refractivity (Wildman–Crippen MR) is 133 cm³/mol. The van der Waals surface area contributed by atoms with E-state index in [1.165, 1.54) is 24.3 Å². The van der Waals surface area contributed by atoms with Gasteiger partial charge in [-0.3, -0.25) is 8.78 Å². The van der Waals surface area contributed by atoms with Crippen LogP contribution in [0.5, 0.6) is 0 Å². The van der Waals surface area contributed by atoms with E-state index in [2.05, 4.69) is 60.0 Å². The van der Waals surface area contributed by atoms with Crippen LogP contribution in [0.1, 0.15) is 15.9 Å². The number of carbonyl (C=O) groups excluding carboxylic acids is 1. The summed E-state index contributed by atoms with van der Waals surface area (Å²) in [5.74, 6) is -8.45. The zero-order valence-corrected chi connectivity index (χ0v) is 23.7. The van der Waals surface area contributed by atoms with Gasteiger partial charge in [-0.25, -0.2) is 8.78 Å². The third kappa shape index (κ3) is 17.8.